The summed E-state index contributed by atoms with van der Waals surface area (Å²) < 4.78 is 7.52. The quantitative estimate of drug-likeness (QED) is 0.161. The number of carbonyl (C=O) groups excluding carboxylic acids is 1. The molecule has 43 heavy (non-hydrogen) atoms. The Morgan fingerprint density at radius 1 is 0.953 bits per heavy atom. The van der Waals surface area contributed by atoms with E-state index in [-0.39, 0.29) is 5.91 Å². The topological polar surface area (TPSA) is 76.4 Å². The molecule has 2 aromatic heterocycles. The lowest BCUT2D eigenvalue weighted by Crippen LogP contribution is -2.49. The number of thiazole rings is 1. The molecule has 1 saturated heterocycles. The van der Waals surface area contributed by atoms with Crippen LogP contribution in [0.15, 0.2) is 83.3 Å². The Balaban J connectivity index is 1.13. The summed E-state index contributed by atoms with van der Waals surface area (Å²) >= 11 is 15.6. The number of amides is 1. The molecule has 0 radical (unpaired) electrons. The number of thioether (sulfide) groups is 1. The standard InChI is InChI=1S/C31H28Cl2N6O2S2/c1-41-27-10-6-5-9-26(27)37-13-15-38(16-14-37)30(40)25-19-42-29(34-25)20-43-31-36-35-28(17-21-7-3-2-4-8-21)39(31)22-11-12-23(32)24(33)18-22/h2-12,18-19H,13-17,20H2,1H3. The van der Waals surface area contributed by atoms with Gasteiger partial charge in [0, 0.05) is 38.0 Å². The van der Waals surface area contributed by atoms with Gasteiger partial charge in [0.2, 0.25) is 0 Å². The van der Waals surface area contributed by atoms with Gasteiger partial charge in [0.1, 0.15) is 22.3 Å². The number of halogens is 2. The van der Waals surface area contributed by atoms with E-state index >= 15 is 0 Å². The first-order valence-electron chi connectivity index (χ1n) is 13.7. The smallest absolute Gasteiger partial charge is 0.273 e. The SMILES string of the molecule is COc1ccccc1N1CCN(C(=O)c2csc(CSc3nnc(Cc4ccccc4)n3-c3ccc(Cl)c(Cl)c3)n2)CC1. The average Bonchev–Trinajstić information content (AvgIpc) is 3.69. The van der Waals surface area contributed by atoms with Crippen LogP contribution in [0.5, 0.6) is 5.75 Å². The minimum absolute atomic E-state index is 0.0451. The molecule has 1 fully saturated rings. The lowest BCUT2D eigenvalue weighted by molar-refractivity contribution is 0.0741. The minimum Gasteiger partial charge on any atom is -0.495 e. The summed E-state index contributed by atoms with van der Waals surface area (Å²) in [5.41, 5.74) is 3.47. The maximum atomic E-state index is 13.3. The van der Waals surface area contributed by atoms with Gasteiger partial charge in [0.15, 0.2) is 5.16 Å². The molecule has 1 amide bonds. The largest absolute Gasteiger partial charge is 0.495 e. The molecule has 6 rings (SSSR count). The fourth-order valence-corrected chi connectivity index (χ4v) is 7.02. The fourth-order valence-electron chi connectivity index (χ4n) is 4.98. The summed E-state index contributed by atoms with van der Waals surface area (Å²) in [7, 11) is 1.68. The van der Waals surface area contributed by atoms with Gasteiger partial charge in [-0.2, -0.15) is 0 Å². The number of carbonyl (C=O) groups is 1. The third-order valence-corrected chi connectivity index (χ3v) is 9.87. The van der Waals surface area contributed by atoms with Gasteiger partial charge < -0.3 is 14.5 Å². The fraction of sp³-hybridized carbons (Fsp3) is 0.226. The van der Waals surface area contributed by atoms with Gasteiger partial charge in [-0.25, -0.2) is 4.98 Å². The number of nitrogens with zero attached hydrogens (tertiary/aromatic N) is 6. The van der Waals surface area contributed by atoms with Crippen LogP contribution in [-0.4, -0.2) is 63.8 Å². The van der Waals surface area contributed by atoms with E-state index in [0.717, 1.165) is 46.6 Å². The molecule has 1 aliphatic rings. The Kier molecular flexibility index (Phi) is 9.18. The van der Waals surface area contributed by atoms with Crippen molar-refractivity contribution < 1.29 is 9.53 Å². The van der Waals surface area contributed by atoms with E-state index in [9.17, 15) is 4.79 Å². The van der Waals surface area contributed by atoms with Crippen molar-refractivity contribution in [1.82, 2.24) is 24.6 Å². The summed E-state index contributed by atoms with van der Waals surface area (Å²) in [6.45, 7) is 2.70. The highest BCUT2D eigenvalue weighted by Crippen LogP contribution is 2.31. The number of methoxy groups -OCH3 is 1. The second kappa shape index (κ2) is 13.4. The van der Waals surface area contributed by atoms with E-state index in [0.29, 0.717) is 46.2 Å². The predicted octanol–water partition coefficient (Wildman–Crippen LogP) is 6.88. The first-order valence-corrected chi connectivity index (χ1v) is 16.3. The van der Waals surface area contributed by atoms with E-state index in [4.69, 9.17) is 27.9 Å². The Morgan fingerprint density at radius 2 is 1.72 bits per heavy atom. The van der Waals surface area contributed by atoms with Crippen molar-refractivity contribution in [3.8, 4) is 11.4 Å². The molecule has 0 bridgehead atoms. The molecule has 0 spiro atoms. The molecule has 0 atom stereocenters. The Hall–Kier alpha value is -3.57. The summed E-state index contributed by atoms with van der Waals surface area (Å²) in [5.74, 6) is 2.13. The van der Waals surface area contributed by atoms with Crippen molar-refractivity contribution in [1.29, 1.82) is 0 Å². The molecule has 12 heteroatoms. The van der Waals surface area contributed by atoms with E-state index in [1.165, 1.54) is 23.1 Å². The molecule has 1 aliphatic heterocycles. The van der Waals surface area contributed by atoms with Crippen molar-refractivity contribution in [2.75, 3.05) is 38.2 Å². The number of benzene rings is 3. The van der Waals surface area contributed by atoms with Crippen LogP contribution in [0, 0.1) is 0 Å². The average molecular weight is 652 g/mol. The molecule has 0 saturated carbocycles. The molecule has 220 valence electrons. The zero-order valence-electron chi connectivity index (χ0n) is 23.3. The summed E-state index contributed by atoms with van der Waals surface area (Å²) in [6.07, 6.45) is 0.606. The first-order chi connectivity index (χ1) is 21.0. The first kappa shape index (κ1) is 29.5. The summed E-state index contributed by atoms with van der Waals surface area (Å²) in [4.78, 5) is 22.1. The van der Waals surface area contributed by atoms with Gasteiger partial charge in [0.05, 0.1) is 34.3 Å². The van der Waals surface area contributed by atoms with E-state index in [2.05, 4.69) is 32.2 Å². The van der Waals surface area contributed by atoms with Crippen LogP contribution < -0.4 is 9.64 Å². The number of hydrogen-bond acceptors (Lipinski definition) is 8. The second-order valence-corrected chi connectivity index (χ2v) is 12.6. The number of ether oxygens (including phenoxy) is 1. The predicted molar refractivity (Wildman–Crippen MR) is 173 cm³/mol. The number of para-hydroxylation sites is 2. The highest BCUT2D eigenvalue weighted by Gasteiger charge is 2.25. The van der Waals surface area contributed by atoms with Crippen LogP contribution in [0.1, 0.15) is 26.9 Å². The zero-order chi connectivity index (χ0) is 29.8. The van der Waals surface area contributed by atoms with Crippen molar-refractivity contribution in [3.05, 3.63) is 110 Å². The number of aromatic nitrogens is 4. The molecular weight excluding hydrogens is 623 g/mol. The Labute approximate surface area is 268 Å². The molecule has 0 aliphatic carbocycles. The van der Waals surface area contributed by atoms with Gasteiger partial charge in [-0.15, -0.1) is 21.5 Å². The minimum atomic E-state index is -0.0451. The van der Waals surface area contributed by atoms with Crippen LogP contribution >= 0.6 is 46.3 Å². The highest BCUT2D eigenvalue weighted by atomic mass is 35.5. The van der Waals surface area contributed by atoms with E-state index < -0.39 is 0 Å². The Morgan fingerprint density at radius 3 is 2.49 bits per heavy atom. The number of anilines is 1. The monoisotopic (exact) mass is 650 g/mol. The third-order valence-electron chi connectivity index (χ3n) is 7.16. The summed E-state index contributed by atoms with van der Waals surface area (Å²) in [5, 5.41) is 13.4. The molecule has 0 unspecified atom stereocenters. The molecule has 0 N–H and O–H groups in total. The zero-order valence-corrected chi connectivity index (χ0v) is 26.5. The molecular formula is C31H28Cl2N6O2S2. The van der Waals surface area contributed by atoms with E-state index in [1.807, 2.05) is 69.4 Å². The number of piperazine rings is 1. The third kappa shape index (κ3) is 6.67. The normalized spacial score (nSPS) is 13.4. The van der Waals surface area contributed by atoms with Crippen LogP contribution in [0.4, 0.5) is 5.69 Å². The second-order valence-electron chi connectivity index (χ2n) is 9.86. The molecule has 5 aromatic rings. The van der Waals surface area contributed by atoms with Gasteiger partial charge in [-0.1, -0.05) is 77.4 Å². The highest BCUT2D eigenvalue weighted by molar-refractivity contribution is 7.98. The van der Waals surface area contributed by atoms with Gasteiger partial charge >= 0.3 is 0 Å². The van der Waals surface area contributed by atoms with Crippen LogP contribution in [-0.2, 0) is 12.2 Å². The van der Waals surface area contributed by atoms with Crippen molar-refractivity contribution in [3.63, 3.8) is 0 Å². The van der Waals surface area contributed by atoms with Crippen molar-refractivity contribution in [2.24, 2.45) is 0 Å². The van der Waals surface area contributed by atoms with Gasteiger partial charge in [-0.05, 0) is 35.9 Å². The lowest BCUT2D eigenvalue weighted by Gasteiger charge is -2.36. The molecule has 8 nitrogen and oxygen atoms in total. The van der Waals surface area contributed by atoms with Crippen LogP contribution in [0.25, 0.3) is 5.69 Å². The van der Waals surface area contributed by atoms with Crippen molar-refractivity contribution in [2.45, 2.75) is 17.3 Å². The van der Waals surface area contributed by atoms with Crippen LogP contribution in [0.3, 0.4) is 0 Å². The van der Waals surface area contributed by atoms with Gasteiger partial charge in [0.25, 0.3) is 5.91 Å². The number of rotatable bonds is 9. The lowest BCUT2D eigenvalue weighted by atomic mass is 10.1. The van der Waals surface area contributed by atoms with E-state index in [1.54, 1.807) is 13.2 Å². The maximum Gasteiger partial charge on any atom is 0.273 e. The number of hydrogen-bond donors (Lipinski definition) is 0. The molecule has 3 aromatic carbocycles. The van der Waals surface area contributed by atoms with Crippen LogP contribution in [0.2, 0.25) is 10.0 Å². The Bertz CT molecular complexity index is 1720. The maximum absolute atomic E-state index is 13.3. The molecule has 3 heterocycles. The summed E-state index contributed by atoms with van der Waals surface area (Å²) in [6, 6.07) is 23.6. The van der Waals surface area contributed by atoms with Crippen molar-refractivity contribution >= 4 is 57.9 Å². The van der Waals surface area contributed by atoms with Gasteiger partial charge in [-0.3, -0.25) is 9.36 Å².